The van der Waals surface area contributed by atoms with Crippen molar-refractivity contribution in [2.24, 2.45) is 0 Å². The van der Waals surface area contributed by atoms with Crippen LogP contribution >= 0.6 is 0 Å². The van der Waals surface area contributed by atoms with E-state index in [1.165, 1.54) is 12.3 Å². The van der Waals surface area contributed by atoms with E-state index in [-0.39, 0.29) is 11.5 Å². The number of aromatic nitrogens is 1. The van der Waals surface area contributed by atoms with Crippen LogP contribution in [0.15, 0.2) is 47.5 Å². The number of fused-ring (bicyclic) bond motifs is 2. The molecule has 0 amide bonds. The Balaban J connectivity index is 2.23. The van der Waals surface area contributed by atoms with E-state index in [0.29, 0.717) is 11.4 Å². The van der Waals surface area contributed by atoms with E-state index in [4.69, 9.17) is 4.74 Å². The van der Waals surface area contributed by atoms with Gasteiger partial charge in [0.25, 0.3) is 10.0 Å². The van der Waals surface area contributed by atoms with E-state index in [1.807, 2.05) is 0 Å². The van der Waals surface area contributed by atoms with E-state index in [2.05, 4.69) is 5.32 Å². The van der Waals surface area contributed by atoms with Gasteiger partial charge in [-0.05, 0) is 31.2 Å². The summed E-state index contributed by atoms with van der Waals surface area (Å²) < 4.78 is 31.5. The van der Waals surface area contributed by atoms with Crippen molar-refractivity contribution in [3.05, 3.63) is 48.3 Å². The van der Waals surface area contributed by atoms with Gasteiger partial charge in [0, 0.05) is 6.20 Å². The Morgan fingerprint density at radius 1 is 1.29 bits per heavy atom. The number of ether oxygens (including phenoxy) is 1. The molecule has 0 fully saturated rings. The molecule has 7 heteroatoms. The van der Waals surface area contributed by atoms with Gasteiger partial charge in [-0.1, -0.05) is 12.1 Å². The third-order valence-corrected chi connectivity index (χ3v) is 5.05. The molecule has 2 heterocycles. The molecule has 1 N–H and O–H groups in total. The molecule has 1 aromatic heterocycles. The highest BCUT2D eigenvalue weighted by atomic mass is 32.2. The minimum atomic E-state index is -3.73. The van der Waals surface area contributed by atoms with E-state index in [1.54, 1.807) is 37.3 Å². The van der Waals surface area contributed by atoms with Gasteiger partial charge in [-0.2, -0.15) is 0 Å². The summed E-state index contributed by atoms with van der Waals surface area (Å²) in [4.78, 5) is 12.3. The maximum atomic E-state index is 12.7. The zero-order valence-electron chi connectivity index (χ0n) is 11.3. The Morgan fingerprint density at radius 3 is 2.81 bits per heavy atom. The third kappa shape index (κ3) is 2.09. The highest BCUT2D eigenvalue weighted by Gasteiger charge is 2.34. The lowest BCUT2D eigenvalue weighted by Crippen LogP contribution is -2.24. The summed E-state index contributed by atoms with van der Waals surface area (Å²) in [5, 5.41) is 2.97. The number of esters is 1. The average Bonchev–Trinajstić information content (AvgIpc) is 2.92. The monoisotopic (exact) mass is 306 g/mol. The predicted molar refractivity (Wildman–Crippen MR) is 76.5 cm³/mol. The quantitative estimate of drug-likeness (QED) is 0.855. The van der Waals surface area contributed by atoms with E-state index < -0.39 is 22.0 Å². The summed E-state index contributed by atoms with van der Waals surface area (Å²) in [6, 6.07) is 8.82. The van der Waals surface area contributed by atoms with Crippen LogP contribution in [-0.4, -0.2) is 25.0 Å². The second-order valence-electron chi connectivity index (χ2n) is 4.56. The first-order chi connectivity index (χ1) is 10.1. The molecule has 21 heavy (non-hydrogen) atoms. The van der Waals surface area contributed by atoms with Gasteiger partial charge in [-0.3, -0.25) is 0 Å². The summed E-state index contributed by atoms with van der Waals surface area (Å²) in [5.74, 6) is -0.510. The van der Waals surface area contributed by atoms with Gasteiger partial charge in [0.1, 0.15) is 4.90 Å². The second-order valence-corrected chi connectivity index (χ2v) is 6.34. The third-order valence-electron chi connectivity index (χ3n) is 3.28. The van der Waals surface area contributed by atoms with E-state index in [0.717, 1.165) is 3.97 Å². The highest BCUT2D eigenvalue weighted by Crippen LogP contribution is 2.33. The standard InChI is InChI=1S/C14H14N2O4S/c1-2-20-14(17)13-11-7-5-9-16(11)21(18,19)12-8-4-3-6-10(12)15-13/h3-9,13,15H,2H2,1H3/t13-/m0/s1. The Labute approximate surface area is 122 Å². The minimum absolute atomic E-state index is 0.134. The first kappa shape index (κ1) is 13.7. The van der Waals surface area contributed by atoms with Gasteiger partial charge in [0.05, 0.1) is 18.0 Å². The van der Waals surface area contributed by atoms with Crippen LogP contribution in [0.5, 0.6) is 0 Å². The molecule has 1 aliphatic heterocycles. The molecule has 0 saturated carbocycles. The first-order valence-electron chi connectivity index (χ1n) is 6.50. The fraction of sp³-hybridized carbons (Fsp3) is 0.214. The Bertz CT molecular complexity index is 795. The molecule has 6 nitrogen and oxygen atoms in total. The fourth-order valence-electron chi connectivity index (χ4n) is 2.37. The molecule has 0 aliphatic carbocycles. The van der Waals surface area contributed by atoms with Crippen LogP contribution in [0, 0.1) is 0 Å². The number of nitrogens with zero attached hydrogens (tertiary/aromatic N) is 1. The minimum Gasteiger partial charge on any atom is -0.464 e. The van der Waals surface area contributed by atoms with Crippen molar-refractivity contribution in [1.29, 1.82) is 0 Å². The Kier molecular flexibility index (Phi) is 3.21. The summed E-state index contributed by atoms with van der Waals surface area (Å²) in [5.41, 5.74) is 0.726. The average molecular weight is 306 g/mol. The molecular weight excluding hydrogens is 292 g/mol. The largest absolute Gasteiger partial charge is 0.464 e. The van der Waals surface area contributed by atoms with Gasteiger partial charge < -0.3 is 10.1 Å². The van der Waals surface area contributed by atoms with Crippen LogP contribution in [0.3, 0.4) is 0 Å². The summed E-state index contributed by atoms with van der Waals surface area (Å²) in [6.07, 6.45) is 1.43. The van der Waals surface area contributed by atoms with Crippen molar-refractivity contribution in [1.82, 2.24) is 3.97 Å². The first-order valence-corrected chi connectivity index (χ1v) is 7.94. The van der Waals surface area contributed by atoms with Crippen molar-refractivity contribution < 1.29 is 17.9 Å². The number of carbonyl (C=O) groups excluding carboxylic acids is 1. The summed E-state index contributed by atoms with van der Waals surface area (Å²) >= 11 is 0. The molecular formula is C14H14N2O4S. The van der Waals surface area contributed by atoms with Crippen molar-refractivity contribution >= 4 is 21.7 Å². The second kappa shape index (κ2) is 4.92. The molecule has 0 bridgehead atoms. The number of nitrogens with one attached hydrogen (secondary N) is 1. The lowest BCUT2D eigenvalue weighted by Gasteiger charge is -2.16. The molecule has 1 aliphatic rings. The molecule has 3 rings (SSSR count). The number of rotatable bonds is 2. The van der Waals surface area contributed by atoms with Crippen LogP contribution < -0.4 is 5.32 Å². The van der Waals surface area contributed by atoms with Gasteiger partial charge in [0.15, 0.2) is 6.04 Å². The summed E-state index contributed by atoms with van der Waals surface area (Å²) in [7, 11) is -3.73. The molecule has 0 spiro atoms. The van der Waals surface area contributed by atoms with E-state index in [9.17, 15) is 13.2 Å². The normalized spacial score (nSPS) is 18.8. The molecule has 0 saturated heterocycles. The van der Waals surface area contributed by atoms with Crippen molar-refractivity contribution in [3.8, 4) is 0 Å². The van der Waals surface area contributed by atoms with Crippen molar-refractivity contribution in [2.75, 3.05) is 11.9 Å². The zero-order valence-corrected chi connectivity index (χ0v) is 12.1. The SMILES string of the molecule is CCOC(=O)[C@H]1Nc2ccccc2S(=O)(=O)n2cccc21. The molecule has 1 aromatic carbocycles. The number of benzene rings is 1. The molecule has 2 aromatic rings. The lowest BCUT2D eigenvalue weighted by molar-refractivity contribution is -0.144. The molecule has 110 valence electrons. The molecule has 0 unspecified atom stereocenters. The van der Waals surface area contributed by atoms with Gasteiger partial charge in [-0.15, -0.1) is 0 Å². The van der Waals surface area contributed by atoms with Crippen molar-refractivity contribution in [2.45, 2.75) is 17.9 Å². The van der Waals surface area contributed by atoms with Crippen LogP contribution in [0.4, 0.5) is 5.69 Å². The summed E-state index contributed by atoms with van der Waals surface area (Å²) in [6.45, 7) is 1.93. The van der Waals surface area contributed by atoms with Gasteiger partial charge in [-0.25, -0.2) is 17.2 Å². The molecule has 0 radical (unpaired) electrons. The topological polar surface area (TPSA) is 77.4 Å². The van der Waals surface area contributed by atoms with Crippen LogP contribution in [-0.2, 0) is 19.6 Å². The van der Waals surface area contributed by atoms with Crippen LogP contribution in [0.25, 0.3) is 0 Å². The zero-order chi connectivity index (χ0) is 15.0. The van der Waals surface area contributed by atoms with E-state index >= 15 is 0 Å². The number of hydrogen-bond donors (Lipinski definition) is 1. The van der Waals surface area contributed by atoms with Crippen LogP contribution in [0.1, 0.15) is 18.7 Å². The van der Waals surface area contributed by atoms with Gasteiger partial charge in [0.2, 0.25) is 0 Å². The lowest BCUT2D eigenvalue weighted by atomic mass is 10.2. The molecule has 1 atom stereocenters. The number of hydrogen-bond acceptors (Lipinski definition) is 5. The fourth-order valence-corrected chi connectivity index (χ4v) is 3.91. The number of para-hydroxylation sites is 1. The van der Waals surface area contributed by atoms with Gasteiger partial charge >= 0.3 is 5.97 Å². The Hall–Kier alpha value is -2.28. The predicted octanol–water partition coefficient (Wildman–Crippen LogP) is 1.75. The maximum Gasteiger partial charge on any atom is 0.334 e. The number of anilines is 1. The maximum absolute atomic E-state index is 12.7. The van der Waals surface area contributed by atoms with Crippen molar-refractivity contribution in [3.63, 3.8) is 0 Å². The Morgan fingerprint density at radius 2 is 2.05 bits per heavy atom. The smallest absolute Gasteiger partial charge is 0.334 e. The van der Waals surface area contributed by atoms with Crippen LogP contribution in [0.2, 0.25) is 0 Å². The highest BCUT2D eigenvalue weighted by molar-refractivity contribution is 7.90. The number of carbonyl (C=O) groups is 1.